The van der Waals surface area contributed by atoms with Crippen LogP contribution >= 0.6 is 0 Å². The molecule has 1 amide bonds. The van der Waals surface area contributed by atoms with Crippen molar-refractivity contribution in [2.75, 3.05) is 11.9 Å². The third kappa shape index (κ3) is 4.86. The van der Waals surface area contributed by atoms with E-state index in [1.807, 2.05) is 0 Å². The molecule has 1 aromatic rings. The zero-order chi connectivity index (χ0) is 16.8. The maximum Gasteiger partial charge on any atom is 0.351 e. The fourth-order valence-corrected chi connectivity index (χ4v) is 2.33. The number of carboxylic acids is 1. The lowest BCUT2D eigenvalue weighted by molar-refractivity contribution is -0.137. The van der Waals surface area contributed by atoms with Crippen molar-refractivity contribution in [2.45, 2.75) is 44.4 Å². The molecule has 0 aromatic carbocycles. The van der Waals surface area contributed by atoms with Crippen LogP contribution < -0.4 is 11.0 Å². The van der Waals surface area contributed by atoms with E-state index in [9.17, 15) is 14.4 Å². The Balaban J connectivity index is 1.93. The van der Waals surface area contributed by atoms with E-state index in [4.69, 9.17) is 14.9 Å². The third-order valence-electron chi connectivity index (χ3n) is 3.49. The van der Waals surface area contributed by atoms with Gasteiger partial charge in [0.15, 0.2) is 0 Å². The molecule has 1 aliphatic rings. The molecule has 9 nitrogen and oxygen atoms in total. The van der Waals surface area contributed by atoms with E-state index in [-0.39, 0.29) is 37.8 Å². The number of aliphatic hydroxyl groups excluding tert-OH is 1. The van der Waals surface area contributed by atoms with Crippen LogP contribution in [0.15, 0.2) is 17.1 Å². The molecule has 2 atom stereocenters. The number of anilines is 1. The largest absolute Gasteiger partial charge is 0.481 e. The molecule has 9 heteroatoms. The molecular formula is C14H19N3O6. The number of carbonyl (C=O) groups excluding carboxylic acids is 1. The van der Waals surface area contributed by atoms with E-state index < -0.39 is 23.8 Å². The SMILES string of the molecule is O=C(O)CCCC(=O)Nc1ccn([C@H]2CC[C@@H](CO)O2)c(=O)n1. The van der Waals surface area contributed by atoms with Crippen molar-refractivity contribution in [3.63, 3.8) is 0 Å². The summed E-state index contributed by atoms with van der Waals surface area (Å²) in [6.07, 6.45) is 2.18. The van der Waals surface area contributed by atoms with Gasteiger partial charge in [-0.05, 0) is 25.3 Å². The second kappa shape index (κ2) is 7.84. The van der Waals surface area contributed by atoms with Gasteiger partial charge in [0, 0.05) is 19.0 Å². The van der Waals surface area contributed by atoms with Crippen LogP contribution in [-0.2, 0) is 14.3 Å². The van der Waals surface area contributed by atoms with Gasteiger partial charge in [0.2, 0.25) is 5.91 Å². The molecule has 0 spiro atoms. The third-order valence-corrected chi connectivity index (χ3v) is 3.49. The lowest BCUT2D eigenvalue weighted by Gasteiger charge is -2.14. The number of nitrogens with one attached hydrogen (secondary N) is 1. The molecule has 0 radical (unpaired) electrons. The second-order valence-corrected chi connectivity index (χ2v) is 5.27. The van der Waals surface area contributed by atoms with Crippen molar-refractivity contribution in [3.05, 3.63) is 22.7 Å². The molecular weight excluding hydrogens is 306 g/mol. The lowest BCUT2D eigenvalue weighted by Crippen LogP contribution is -2.28. The topological polar surface area (TPSA) is 131 Å². The molecule has 0 saturated carbocycles. The molecule has 1 fully saturated rings. The number of hydrogen-bond donors (Lipinski definition) is 3. The molecule has 1 saturated heterocycles. The van der Waals surface area contributed by atoms with Crippen molar-refractivity contribution >= 4 is 17.7 Å². The second-order valence-electron chi connectivity index (χ2n) is 5.27. The van der Waals surface area contributed by atoms with E-state index >= 15 is 0 Å². The Morgan fingerprint density at radius 3 is 2.78 bits per heavy atom. The quantitative estimate of drug-likeness (QED) is 0.648. The van der Waals surface area contributed by atoms with Crippen LogP contribution in [0.5, 0.6) is 0 Å². The predicted octanol–water partition coefficient (Wildman–Crippen LogP) is 0.107. The van der Waals surface area contributed by atoms with Crippen LogP contribution in [0, 0.1) is 0 Å². The highest BCUT2D eigenvalue weighted by atomic mass is 16.5. The zero-order valence-corrected chi connectivity index (χ0v) is 12.5. The number of nitrogens with zero attached hydrogens (tertiary/aromatic N) is 2. The minimum Gasteiger partial charge on any atom is -0.481 e. The van der Waals surface area contributed by atoms with Crippen molar-refractivity contribution in [1.82, 2.24) is 9.55 Å². The molecule has 1 aliphatic heterocycles. The lowest BCUT2D eigenvalue weighted by atomic mass is 10.2. The summed E-state index contributed by atoms with van der Waals surface area (Å²) in [7, 11) is 0. The van der Waals surface area contributed by atoms with Crippen LogP contribution in [0.1, 0.15) is 38.3 Å². The average Bonchev–Trinajstić information content (AvgIpc) is 2.95. The Kier molecular flexibility index (Phi) is 5.83. The van der Waals surface area contributed by atoms with Crippen LogP contribution in [0.2, 0.25) is 0 Å². The monoisotopic (exact) mass is 325 g/mol. The first-order chi connectivity index (χ1) is 11.0. The van der Waals surface area contributed by atoms with Gasteiger partial charge >= 0.3 is 11.7 Å². The summed E-state index contributed by atoms with van der Waals surface area (Å²) in [6.45, 7) is -0.0941. The molecule has 1 aromatic heterocycles. The van der Waals surface area contributed by atoms with Gasteiger partial charge < -0.3 is 20.3 Å². The fraction of sp³-hybridized carbons (Fsp3) is 0.571. The Morgan fingerprint density at radius 1 is 1.39 bits per heavy atom. The Hall–Kier alpha value is -2.26. The number of aliphatic carboxylic acids is 1. The Morgan fingerprint density at radius 2 is 2.17 bits per heavy atom. The van der Waals surface area contributed by atoms with Gasteiger partial charge in [-0.1, -0.05) is 0 Å². The summed E-state index contributed by atoms with van der Waals surface area (Å²) in [5, 5.41) is 20.0. The van der Waals surface area contributed by atoms with Crippen molar-refractivity contribution in [2.24, 2.45) is 0 Å². The highest BCUT2D eigenvalue weighted by molar-refractivity contribution is 5.89. The van der Waals surface area contributed by atoms with Crippen LogP contribution in [0.3, 0.4) is 0 Å². The Labute approximate surface area is 131 Å². The van der Waals surface area contributed by atoms with Gasteiger partial charge in [-0.2, -0.15) is 4.98 Å². The molecule has 2 heterocycles. The smallest absolute Gasteiger partial charge is 0.351 e. The summed E-state index contributed by atoms with van der Waals surface area (Å²) in [5.74, 6) is -1.24. The number of hydrogen-bond acceptors (Lipinski definition) is 6. The minimum atomic E-state index is -0.962. The normalized spacial score (nSPS) is 20.4. The molecule has 0 unspecified atom stereocenters. The first-order valence-electron chi connectivity index (χ1n) is 7.36. The van der Waals surface area contributed by atoms with E-state index in [0.717, 1.165) is 0 Å². The molecule has 0 aliphatic carbocycles. The van der Waals surface area contributed by atoms with Crippen LogP contribution in [-0.4, -0.2) is 44.4 Å². The minimum absolute atomic E-state index is 0.0426. The first kappa shape index (κ1) is 17.1. The van der Waals surface area contributed by atoms with Crippen molar-refractivity contribution in [1.29, 1.82) is 0 Å². The number of amides is 1. The van der Waals surface area contributed by atoms with E-state index in [1.165, 1.54) is 16.8 Å². The predicted molar refractivity (Wildman–Crippen MR) is 78.8 cm³/mol. The van der Waals surface area contributed by atoms with Crippen molar-refractivity contribution < 1.29 is 24.5 Å². The zero-order valence-electron chi connectivity index (χ0n) is 12.5. The molecule has 23 heavy (non-hydrogen) atoms. The number of carboxylic acid groups (broad SMARTS) is 1. The van der Waals surface area contributed by atoms with Crippen LogP contribution in [0.4, 0.5) is 5.82 Å². The van der Waals surface area contributed by atoms with Crippen molar-refractivity contribution in [3.8, 4) is 0 Å². The van der Waals surface area contributed by atoms with Gasteiger partial charge in [-0.3, -0.25) is 14.2 Å². The standard InChI is InChI=1S/C14H19N3O6/c18-8-9-4-5-12(23-9)17-7-6-10(16-14(17)22)15-11(19)2-1-3-13(20)21/h6-7,9,12,18H,1-5,8H2,(H,20,21)(H,15,16,19,22)/t9-,12+/m0/s1. The van der Waals surface area contributed by atoms with Gasteiger partial charge in [-0.25, -0.2) is 4.79 Å². The van der Waals surface area contributed by atoms with Gasteiger partial charge in [0.1, 0.15) is 12.0 Å². The van der Waals surface area contributed by atoms with Gasteiger partial charge in [0.25, 0.3) is 0 Å². The summed E-state index contributed by atoms with van der Waals surface area (Å²) >= 11 is 0. The number of aliphatic hydroxyl groups is 1. The molecule has 2 rings (SSSR count). The number of aromatic nitrogens is 2. The van der Waals surface area contributed by atoms with Gasteiger partial charge in [-0.15, -0.1) is 0 Å². The molecule has 126 valence electrons. The summed E-state index contributed by atoms with van der Waals surface area (Å²) in [4.78, 5) is 37.8. The fourth-order valence-electron chi connectivity index (χ4n) is 2.33. The number of ether oxygens (including phenoxy) is 1. The summed E-state index contributed by atoms with van der Waals surface area (Å²) in [5.41, 5.74) is -0.558. The average molecular weight is 325 g/mol. The van der Waals surface area contributed by atoms with Crippen LogP contribution in [0.25, 0.3) is 0 Å². The van der Waals surface area contributed by atoms with Gasteiger partial charge in [0.05, 0.1) is 12.7 Å². The number of carbonyl (C=O) groups is 2. The van der Waals surface area contributed by atoms with E-state index in [1.54, 1.807) is 0 Å². The highest BCUT2D eigenvalue weighted by Crippen LogP contribution is 2.26. The highest BCUT2D eigenvalue weighted by Gasteiger charge is 2.26. The first-order valence-corrected chi connectivity index (χ1v) is 7.36. The molecule has 3 N–H and O–H groups in total. The van der Waals surface area contributed by atoms with E-state index in [2.05, 4.69) is 10.3 Å². The molecule has 0 bridgehead atoms. The Bertz CT molecular complexity index is 629. The maximum atomic E-state index is 12.0. The number of rotatable bonds is 7. The summed E-state index contributed by atoms with van der Waals surface area (Å²) in [6, 6.07) is 1.48. The summed E-state index contributed by atoms with van der Waals surface area (Å²) < 4.78 is 6.82. The van der Waals surface area contributed by atoms with E-state index in [0.29, 0.717) is 12.8 Å². The maximum absolute atomic E-state index is 12.0.